The number of para-hydroxylation sites is 2. The zero-order valence-electron chi connectivity index (χ0n) is 11.3. The Bertz CT molecular complexity index is 876. The number of hydrogen-bond donors (Lipinski definition) is 0. The third-order valence-corrected chi connectivity index (χ3v) is 3.44. The quantitative estimate of drug-likeness (QED) is 0.577. The van der Waals surface area contributed by atoms with Crippen LogP contribution in [0.3, 0.4) is 0 Å². The molecule has 0 saturated carbocycles. The Morgan fingerprint density at radius 2 is 1.95 bits per heavy atom. The van der Waals surface area contributed by atoms with E-state index >= 15 is 0 Å². The van der Waals surface area contributed by atoms with E-state index in [1.54, 1.807) is 12.5 Å². The number of imidazole rings is 2. The van der Waals surface area contributed by atoms with E-state index in [1.165, 1.54) is 0 Å². The highest BCUT2D eigenvalue weighted by atomic mass is 15.1. The zero-order valence-corrected chi connectivity index (χ0v) is 11.3. The van der Waals surface area contributed by atoms with Gasteiger partial charge in [-0.3, -0.25) is 9.55 Å². The van der Waals surface area contributed by atoms with Gasteiger partial charge in [0.25, 0.3) is 0 Å². The Morgan fingerprint density at radius 1 is 1.00 bits per heavy atom. The predicted molar refractivity (Wildman–Crippen MR) is 80.2 cm³/mol. The van der Waals surface area contributed by atoms with Crippen LogP contribution in [0.4, 0.5) is 0 Å². The summed E-state index contributed by atoms with van der Waals surface area (Å²) in [5, 5.41) is 0. The van der Waals surface area contributed by atoms with Crippen LogP contribution in [0.25, 0.3) is 16.7 Å². The Balaban J connectivity index is 1.75. The Labute approximate surface area is 121 Å². The summed E-state index contributed by atoms with van der Waals surface area (Å²) >= 11 is 0. The number of pyridine rings is 1. The number of rotatable bonds is 3. The lowest BCUT2D eigenvalue weighted by atomic mass is 10.2. The van der Waals surface area contributed by atoms with Crippen LogP contribution in [0, 0.1) is 0 Å². The van der Waals surface area contributed by atoms with Crippen molar-refractivity contribution < 1.29 is 0 Å². The molecule has 0 bridgehead atoms. The van der Waals surface area contributed by atoms with Crippen LogP contribution in [0.15, 0.2) is 67.8 Å². The van der Waals surface area contributed by atoms with Gasteiger partial charge in [-0.15, -0.1) is 0 Å². The van der Waals surface area contributed by atoms with E-state index in [0.29, 0.717) is 0 Å². The smallest absolute Gasteiger partial charge is 0.100 e. The average molecular weight is 275 g/mol. The summed E-state index contributed by atoms with van der Waals surface area (Å²) in [5.41, 5.74) is 4.21. The summed E-state index contributed by atoms with van der Waals surface area (Å²) in [6.45, 7) is 0.757. The molecule has 4 aromatic rings. The van der Waals surface area contributed by atoms with E-state index in [0.717, 1.165) is 28.8 Å². The van der Waals surface area contributed by atoms with E-state index in [-0.39, 0.29) is 0 Å². The van der Waals surface area contributed by atoms with E-state index in [9.17, 15) is 0 Å². The molecule has 0 aliphatic rings. The molecule has 0 radical (unpaired) electrons. The van der Waals surface area contributed by atoms with Crippen LogP contribution in [0.2, 0.25) is 0 Å². The van der Waals surface area contributed by atoms with Crippen molar-refractivity contribution in [3.05, 3.63) is 73.3 Å². The molecule has 0 amide bonds. The van der Waals surface area contributed by atoms with Gasteiger partial charge in [0.05, 0.1) is 35.8 Å². The van der Waals surface area contributed by atoms with E-state index in [2.05, 4.69) is 31.7 Å². The molecule has 21 heavy (non-hydrogen) atoms. The molecule has 0 atom stereocenters. The van der Waals surface area contributed by atoms with Gasteiger partial charge < -0.3 is 4.57 Å². The van der Waals surface area contributed by atoms with Crippen LogP contribution < -0.4 is 0 Å². The first kappa shape index (κ1) is 11.8. The van der Waals surface area contributed by atoms with Crippen LogP contribution in [0.1, 0.15) is 5.56 Å². The molecule has 0 aliphatic carbocycles. The monoisotopic (exact) mass is 275 g/mol. The second-order valence-corrected chi connectivity index (χ2v) is 4.89. The van der Waals surface area contributed by atoms with Crippen molar-refractivity contribution >= 4 is 11.0 Å². The maximum absolute atomic E-state index is 4.42. The van der Waals surface area contributed by atoms with Gasteiger partial charge in [0.1, 0.15) is 6.33 Å². The standard InChI is InChI=1S/C16H13N5/c1-2-4-16-15(3-1)19-12-21(16)14-7-13(8-18-9-14)10-20-6-5-17-11-20/h1-9,11-12H,10H2. The first-order valence-corrected chi connectivity index (χ1v) is 6.72. The number of aromatic nitrogens is 5. The minimum Gasteiger partial charge on any atom is -0.333 e. The normalized spacial score (nSPS) is 11.0. The summed E-state index contributed by atoms with van der Waals surface area (Å²) < 4.78 is 4.08. The second kappa shape index (κ2) is 4.86. The van der Waals surface area contributed by atoms with E-state index in [4.69, 9.17) is 0 Å². The van der Waals surface area contributed by atoms with Gasteiger partial charge in [-0.25, -0.2) is 9.97 Å². The lowest BCUT2D eigenvalue weighted by Crippen LogP contribution is -2.00. The molecule has 5 heteroatoms. The van der Waals surface area contributed by atoms with Crippen LogP contribution in [-0.4, -0.2) is 24.1 Å². The van der Waals surface area contributed by atoms with Crippen molar-refractivity contribution in [2.45, 2.75) is 6.54 Å². The average Bonchev–Trinajstić information content (AvgIpc) is 3.16. The summed E-state index contributed by atoms with van der Waals surface area (Å²) in [7, 11) is 0. The van der Waals surface area contributed by atoms with Crippen molar-refractivity contribution in [2.24, 2.45) is 0 Å². The van der Waals surface area contributed by atoms with Gasteiger partial charge in [0, 0.05) is 18.6 Å². The lowest BCUT2D eigenvalue weighted by Gasteiger charge is -2.07. The minimum atomic E-state index is 0.757. The molecule has 0 aliphatic heterocycles. The molecule has 102 valence electrons. The van der Waals surface area contributed by atoms with E-state index < -0.39 is 0 Å². The number of fused-ring (bicyclic) bond motifs is 1. The maximum atomic E-state index is 4.42. The fourth-order valence-corrected chi connectivity index (χ4v) is 2.45. The molecule has 0 saturated heterocycles. The third kappa shape index (κ3) is 2.18. The number of benzene rings is 1. The molecule has 3 heterocycles. The third-order valence-electron chi connectivity index (χ3n) is 3.44. The Hall–Kier alpha value is -2.95. The molecule has 3 aromatic heterocycles. The molecule has 0 fully saturated rings. The predicted octanol–water partition coefficient (Wildman–Crippen LogP) is 2.67. The van der Waals surface area contributed by atoms with Crippen molar-refractivity contribution in [1.82, 2.24) is 24.1 Å². The molecule has 0 N–H and O–H groups in total. The molecule has 5 nitrogen and oxygen atoms in total. The lowest BCUT2D eigenvalue weighted by molar-refractivity contribution is 0.791. The van der Waals surface area contributed by atoms with Gasteiger partial charge in [-0.05, 0) is 23.8 Å². The number of hydrogen-bond acceptors (Lipinski definition) is 3. The summed E-state index contributed by atoms with van der Waals surface area (Å²) in [5.74, 6) is 0. The Morgan fingerprint density at radius 3 is 2.86 bits per heavy atom. The highest BCUT2D eigenvalue weighted by molar-refractivity contribution is 5.77. The van der Waals surface area contributed by atoms with Crippen molar-refractivity contribution in [3.63, 3.8) is 0 Å². The van der Waals surface area contributed by atoms with Crippen LogP contribution in [-0.2, 0) is 6.54 Å². The van der Waals surface area contributed by atoms with Crippen LogP contribution in [0.5, 0.6) is 0 Å². The zero-order chi connectivity index (χ0) is 14.1. The summed E-state index contributed by atoms with van der Waals surface area (Å²) in [6, 6.07) is 10.2. The molecular formula is C16H13N5. The van der Waals surface area contributed by atoms with Crippen LogP contribution >= 0.6 is 0 Å². The van der Waals surface area contributed by atoms with Gasteiger partial charge in [-0.1, -0.05) is 12.1 Å². The second-order valence-electron chi connectivity index (χ2n) is 4.89. The topological polar surface area (TPSA) is 48.5 Å². The molecule has 4 rings (SSSR count). The molecule has 0 spiro atoms. The fraction of sp³-hybridized carbons (Fsp3) is 0.0625. The molecule has 1 aromatic carbocycles. The number of nitrogens with zero attached hydrogens (tertiary/aromatic N) is 5. The van der Waals surface area contributed by atoms with Crippen molar-refractivity contribution in [3.8, 4) is 5.69 Å². The van der Waals surface area contributed by atoms with Crippen molar-refractivity contribution in [1.29, 1.82) is 0 Å². The maximum Gasteiger partial charge on any atom is 0.100 e. The van der Waals surface area contributed by atoms with E-state index in [1.807, 2.05) is 47.7 Å². The largest absolute Gasteiger partial charge is 0.333 e. The molecular weight excluding hydrogens is 262 g/mol. The first-order valence-electron chi connectivity index (χ1n) is 6.72. The Kier molecular flexibility index (Phi) is 2.74. The minimum absolute atomic E-state index is 0.757. The van der Waals surface area contributed by atoms with Gasteiger partial charge in [0.15, 0.2) is 0 Å². The van der Waals surface area contributed by atoms with Gasteiger partial charge in [-0.2, -0.15) is 0 Å². The fourth-order valence-electron chi connectivity index (χ4n) is 2.45. The van der Waals surface area contributed by atoms with Gasteiger partial charge in [0.2, 0.25) is 0 Å². The first-order chi connectivity index (χ1) is 10.4. The summed E-state index contributed by atoms with van der Waals surface area (Å²) in [6.07, 6.45) is 11.1. The van der Waals surface area contributed by atoms with Gasteiger partial charge >= 0.3 is 0 Å². The summed E-state index contributed by atoms with van der Waals surface area (Å²) in [4.78, 5) is 12.8. The van der Waals surface area contributed by atoms with Crippen molar-refractivity contribution in [2.75, 3.05) is 0 Å². The molecule has 0 unspecified atom stereocenters. The highest BCUT2D eigenvalue weighted by Gasteiger charge is 2.05. The highest BCUT2D eigenvalue weighted by Crippen LogP contribution is 2.18. The SMILES string of the molecule is c1ccc2c(c1)ncn2-c1cncc(Cn2ccnc2)c1.